The first-order valence-corrected chi connectivity index (χ1v) is 11.9. The fourth-order valence-electron chi connectivity index (χ4n) is 3.76. The summed E-state index contributed by atoms with van der Waals surface area (Å²) in [4.78, 5) is 73.0. The molecule has 3 rings (SSSR count). The Balaban J connectivity index is 1.79. The van der Waals surface area contributed by atoms with Gasteiger partial charge in [0.05, 0.1) is 6.61 Å². The zero-order valence-corrected chi connectivity index (χ0v) is 20.7. The maximum atomic E-state index is 13.2. The molecule has 1 saturated heterocycles. The normalized spacial score (nSPS) is 14.0. The van der Waals surface area contributed by atoms with Gasteiger partial charge in [0.15, 0.2) is 11.6 Å². The number of carboxylic acids is 1. The van der Waals surface area contributed by atoms with Crippen LogP contribution in [-0.4, -0.2) is 93.4 Å². The summed E-state index contributed by atoms with van der Waals surface area (Å²) in [6.07, 6.45) is -0.963. The van der Waals surface area contributed by atoms with Crippen LogP contribution in [0, 0.1) is 0 Å². The summed E-state index contributed by atoms with van der Waals surface area (Å²) in [5, 5.41) is 11.7. The van der Waals surface area contributed by atoms with Crippen molar-refractivity contribution < 1.29 is 33.8 Å². The van der Waals surface area contributed by atoms with Crippen LogP contribution in [0.3, 0.4) is 0 Å². The zero-order chi connectivity index (χ0) is 26.9. The van der Waals surface area contributed by atoms with E-state index in [9.17, 15) is 24.0 Å². The minimum Gasteiger partial charge on any atom is -0.481 e. The van der Waals surface area contributed by atoms with E-state index in [4.69, 9.17) is 9.84 Å². The monoisotopic (exact) mass is 511 g/mol. The number of nitrogens with zero attached hydrogens (tertiary/aromatic N) is 4. The van der Waals surface area contributed by atoms with Crippen LogP contribution in [0.4, 0.5) is 4.79 Å². The van der Waals surface area contributed by atoms with Gasteiger partial charge >= 0.3 is 12.1 Å². The summed E-state index contributed by atoms with van der Waals surface area (Å²) in [7, 11) is 0. The van der Waals surface area contributed by atoms with Crippen LogP contribution in [-0.2, 0) is 14.3 Å². The average molecular weight is 512 g/mol. The van der Waals surface area contributed by atoms with Crippen LogP contribution in [0.15, 0.2) is 36.4 Å². The Morgan fingerprint density at radius 3 is 2.22 bits per heavy atom. The molecule has 0 radical (unpaired) electrons. The standard InChI is InChI=1S/C25H29N5O7/c1-3-37-25(36)30-13-11-29(12-14-30)24(35)18(9-10-21(32)33)28-23(34)20-15-19(16(2)31)26-22(27-20)17-7-5-4-6-8-17/h4-8,15,18H,3,9-14H2,1-2H3,(H,28,34)(H,32,33)/t18-/m0/s1. The molecule has 1 aliphatic rings. The van der Waals surface area contributed by atoms with Crippen molar-refractivity contribution in [2.45, 2.75) is 32.7 Å². The molecule has 12 nitrogen and oxygen atoms in total. The molecule has 0 unspecified atom stereocenters. The second-order valence-electron chi connectivity index (χ2n) is 8.35. The molecule has 1 aromatic carbocycles. The quantitative estimate of drug-likeness (QED) is 0.477. The molecule has 12 heteroatoms. The molecular weight excluding hydrogens is 482 g/mol. The molecule has 3 amide bonds. The van der Waals surface area contributed by atoms with Crippen LogP contribution in [0.25, 0.3) is 11.4 Å². The first-order chi connectivity index (χ1) is 17.7. The van der Waals surface area contributed by atoms with Crippen molar-refractivity contribution in [3.8, 4) is 11.4 Å². The number of hydrogen-bond donors (Lipinski definition) is 2. The highest BCUT2D eigenvalue weighted by Gasteiger charge is 2.31. The molecule has 0 bridgehead atoms. The van der Waals surface area contributed by atoms with Crippen molar-refractivity contribution in [1.82, 2.24) is 25.1 Å². The number of carboxylic acid groups (broad SMARTS) is 1. The van der Waals surface area contributed by atoms with E-state index in [0.29, 0.717) is 5.56 Å². The topological polar surface area (TPSA) is 159 Å². The number of amides is 3. The number of aromatic nitrogens is 2. The van der Waals surface area contributed by atoms with Crippen LogP contribution in [0.1, 0.15) is 47.7 Å². The number of Topliss-reactive ketones (excluding diaryl/α,β-unsaturated/α-hetero) is 1. The van der Waals surface area contributed by atoms with Gasteiger partial charge in [-0.25, -0.2) is 14.8 Å². The second-order valence-corrected chi connectivity index (χ2v) is 8.35. The Labute approximate surface area is 213 Å². The third kappa shape index (κ3) is 7.32. The van der Waals surface area contributed by atoms with E-state index in [2.05, 4.69) is 15.3 Å². The number of rotatable bonds is 9. The molecule has 2 N–H and O–H groups in total. The number of hydrogen-bond acceptors (Lipinski definition) is 8. The van der Waals surface area contributed by atoms with Crippen LogP contribution in [0.5, 0.6) is 0 Å². The first kappa shape index (κ1) is 27.2. The third-order valence-corrected chi connectivity index (χ3v) is 5.72. The molecule has 0 saturated carbocycles. The van der Waals surface area contributed by atoms with E-state index >= 15 is 0 Å². The highest BCUT2D eigenvalue weighted by Crippen LogP contribution is 2.17. The van der Waals surface area contributed by atoms with Gasteiger partial charge in [-0.2, -0.15) is 0 Å². The highest BCUT2D eigenvalue weighted by molar-refractivity contribution is 5.99. The summed E-state index contributed by atoms with van der Waals surface area (Å²) < 4.78 is 4.98. The minimum atomic E-state index is -1.14. The van der Waals surface area contributed by atoms with Gasteiger partial charge in [-0.1, -0.05) is 30.3 Å². The summed E-state index contributed by atoms with van der Waals surface area (Å²) in [6.45, 7) is 4.16. The largest absolute Gasteiger partial charge is 0.481 e. The Bertz CT molecular complexity index is 1160. The molecule has 1 fully saturated rings. The van der Waals surface area contributed by atoms with E-state index in [1.165, 1.54) is 22.8 Å². The fraction of sp³-hybridized carbons (Fsp3) is 0.400. The van der Waals surface area contributed by atoms with Gasteiger partial charge in [0.1, 0.15) is 17.4 Å². The molecule has 0 spiro atoms. The molecule has 37 heavy (non-hydrogen) atoms. The lowest BCUT2D eigenvalue weighted by Crippen LogP contribution is -2.56. The number of carbonyl (C=O) groups excluding carboxylic acids is 4. The van der Waals surface area contributed by atoms with Gasteiger partial charge in [0.25, 0.3) is 5.91 Å². The number of carbonyl (C=O) groups is 5. The Kier molecular flexibility index (Phi) is 9.25. The molecule has 2 aromatic rings. The van der Waals surface area contributed by atoms with Crippen molar-refractivity contribution >= 4 is 29.7 Å². The number of benzene rings is 1. The molecule has 196 valence electrons. The molecule has 0 aliphatic carbocycles. The summed E-state index contributed by atoms with van der Waals surface area (Å²) in [5.74, 6) is -2.53. The van der Waals surface area contributed by atoms with Gasteiger partial charge in [-0.3, -0.25) is 19.2 Å². The maximum Gasteiger partial charge on any atom is 0.409 e. The van der Waals surface area contributed by atoms with Crippen LogP contribution >= 0.6 is 0 Å². The second kappa shape index (κ2) is 12.6. The van der Waals surface area contributed by atoms with Crippen LogP contribution in [0.2, 0.25) is 0 Å². The lowest BCUT2D eigenvalue weighted by atomic mass is 10.1. The third-order valence-electron chi connectivity index (χ3n) is 5.72. The van der Waals surface area contributed by atoms with Crippen molar-refractivity contribution in [3.05, 3.63) is 47.8 Å². The van der Waals surface area contributed by atoms with Gasteiger partial charge in [0.2, 0.25) is 5.91 Å². The molecular formula is C25H29N5O7. The first-order valence-electron chi connectivity index (χ1n) is 11.9. The Morgan fingerprint density at radius 1 is 1.00 bits per heavy atom. The molecule has 1 atom stereocenters. The van der Waals surface area contributed by atoms with Crippen molar-refractivity contribution in [1.29, 1.82) is 0 Å². The number of piperazine rings is 1. The van der Waals surface area contributed by atoms with E-state index in [1.807, 2.05) is 0 Å². The maximum absolute atomic E-state index is 13.2. The summed E-state index contributed by atoms with van der Waals surface area (Å²) >= 11 is 0. The Morgan fingerprint density at radius 2 is 1.62 bits per heavy atom. The predicted molar refractivity (Wildman–Crippen MR) is 131 cm³/mol. The number of ketones is 1. The molecule has 2 heterocycles. The van der Waals surface area contributed by atoms with E-state index in [1.54, 1.807) is 37.3 Å². The molecule has 1 aromatic heterocycles. The summed E-state index contributed by atoms with van der Waals surface area (Å²) in [5.41, 5.74) is 0.499. The Hall–Kier alpha value is -4.35. The van der Waals surface area contributed by atoms with Crippen molar-refractivity contribution in [2.75, 3.05) is 32.8 Å². The number of ether oxygens (including phenoxy) is 1. The van der Waals surface area contributed by atoms with E-state index < -0.39 is 29.9 Å². The summed E-state index contributed by atoms with van der Waals surface area (Å²) in [6, 6.07) is 8.89. The lowest BCUT2D eigenvalue weighted by molar-refractivity contribution is -0.138. The van der Waals surface area contributed by atoms with Gasteiger partial charge in [-0.05, 0) is 19.4 Å². The zero-order valence-electron chi connectivity index (χ0n) is 20.7. The lowest BCUT2D eigenvalue weighted by Gasteiger charge is -2.35. The van der Waals surface area contributed by atoms with E-state index in [-0.39, 0.29) is 68.6 Å². The number of aliphatic carboxylic acids is 1. The SMILES string of the molecule is CCOC(=O)N1CCN(C(=O)[C@H](CCC(=O)O)NC(=O)c2cc(C(C)=O)nc(-c3ccccc3)n2)CC1. The number of nitrogens with one attached hydrogen (secondary N) is 1. The van der Waals surface area contributed by atoms with Gasteiger partial charge in [-0.15, -0.1) is 0 Å². The van der Waals surface area contributed by atoms with Crippen molar-refractivity contribution in [2.24, 2.45) is 0 Å². The predicted octanol–water partition coefficient (Wildman–Crippen LogP) is 1.61. The fourth-order valence-corrected chi connectivity index (χ4v) is 3.76. The van der Waals surface area contributed by atoms with Crippen molar-refractivity contribution in [3.63, 3.8) is 0 Å². The molecule has 1 aliphatic heterocycles. The highest BCUT2D eigenvalue weighted by atomic mass is 16.6. The smallest absolute Gasteiger partial charge is 0.409 e. The van der Waals surface area contributed by atoms with Gasteiger partial charge in [0, 0.05) is 45.1 Å². The average Bonchev–Trinajstić information content (AvgIpc) is 2.90. The van der Waals surface area contributed by atoms with E-state index in [0.717, 1.165) is 0 Å². The van der Waals surface area contributed by atoms with Gasteiger partial charge < -0.3 is 25.0 Å². The van der Waals surface area contributed by atoms with Crippen LogP contribution < -0.4 is 5.32 Å². The minimum absolute atomic E-state index is 0.0301.